The molecule has 13 rings (SSSR count). The first-order valence-corrected chi connectivity index (χ1v) is 24.2. The molecule has 4 heteroatoms. The minimum absolute atomic E-state index is 1.23. The molecule has 4 heterocycles. The lowest BCUT2D eigenvalue weighted by Crippen LogP contribution is -1.82. The van der Waals surface area contributed by atoms with Crippen LogP contribution < -0.4 is 0 Å². The quantitative estimate of drug-likeness (QED) is 0.156. The van der Waals surface area contributed by atoms with Crippen LogP contribution in [0.1, 0.15) is 0 Å². The van der Waals surface area contributed by atoms with Gasteiger partial charge in [-0.3, -0.25) is 0 Å². The highest BCUT2D eigenvalue weighted by Gasteiger charge is 2.15. The standard InChI is InChI=1S/C58H34S4/c1-3-43-29-31-59-55(43)47(5-1)41-19-15-37(16-20-41)35-7-11-39(12-8-35)45-23-25-49-51-27-28-52-50-26-24-46(34-54(50)62-58(52)57(51)61-53(49)33-45)40-13-9-36(10-14-40)38-17-21-42(22-18-38)48-6-2-4-44-30-32-60-56(44)48/h1-34H. The van der Waals surface area contributed by atoms with Crippen molar-refractivity contribution < 1.29 is 0 Å². The fourth-order valence-electron chi connectivity index (χ4n) is 9.26. The van der Waals surface area contributed by atoms with Crippen molar-refractivity contribution in [3.05, 3.63) is 205 Å². The minimum atomic E-state index is 1.23. The summed E-state index contributed by atoms with van der Waals surface area (Å²) in [7, 11) is 0. The zero-order chi connectivity index (χ0) is 40.7. The fraction of sp³-hybridized carbons (Fsp3) is 0. The highest BCUT2D eigenvalue weighted by molar-refractivity contribution is 7.33. The number of fused-ring (bicyclic) bond motifs is 9. The maximum atomic E-state index is 2.38. The number of thiophene rings is 4. The van der Waals surface area contributed by atoms with E-state index in [9.17, 15) is 0 Å². The summed E-state index contributed by atoms with van der Waals surface area (Å²) in [4.78, 5) is 0. The Bertz CT molecular complexity index is 3560. The number of benzene rings is 9. The predicted molar refractivity (Wildman–Crippen MR) is 276 cm³/mol. The molecule has 0 atom stereocenters. The van der Waals surface area contributed by atoms with Crippen molar-refractivity contribution in [2.45, 2.75) is 0 Å². The Morgan fingerprint density at radius 3 is 0.952 bits per heavy atom. The van der Waals surface area contributed by atoms with Crippen molar-refractivity contribution in [1.29, 1.82) is 0 Å². The van der Waals surface area contributed by atoms with Gasteiger partial charge in [0.25, 0.3) is 0 Å². The van der Waals surface area contributed by atoms with Gasteiger partial charge < -0.3 is 0 Å². The van der Waals surface area contributed by atoms with Crippen LogP contribution in [0.5, 0.6) is 0 Å². The molecule has 13 aromatic rings. The van der Waals surface area contributed by atoms with Gasteiger partial charge in [-0.05, 0) is 113 Å². The van der Waals surface area contributed by atoms with Crippen LogP contribution >= 0.6 is 45.3 Å². The second kappa shape index (κ2) is 14.5. The van der Waals surface area contributed by atoms with Crippen LogP contribution in [0, 0.1) is 0 Å². The van der Waals surface area contributed by atoms with E-state index in [-0.39, 0.29) is 0 Å². The molecule has 0 nitrogen and oxygen atoms in total. The van der Waals surface area contributed by atoms with Crippen LogP contribution in [0.4, 0.5) is 0 Å². The number of hydrogen-bond acceptors (Lipinski definition) is 4. The summed E-state index contributed by atoms with van der Waals surface area (Å²) < 4.78 is 8.13. The first-order valence-electron chi connectivity index (χ1n) is 20.9. The Kier molecular flexibility index (Phi) is 8.41. The Morgan fingerprint density at radius 1 is 0.242 bits per heavy atom. The van der Waals surface area contributed by atoms with Crippen molar-refractivity contribution in [1.82, 2.24) is 0 Å². The van der Waals surface area contributed by atoms with Crippen molar-refractivity contribution in [2.75, 3.05) is 0 Å². The lowest BCUT2D eigenvalue weighted by molar-refractivity contribution is 1.60. The molecule has 0 amide bonds. The van der Waals surface area contributed by atoms with Crippen LogP contribution in [0.15, 0.2) is 205 Å². The molecule has 0 spiro atoms. The van der Waals surface area contributed by atoms with Crippen LogP contribution in [-0.2, 0) is 0 Å². The zero-order valence-corrected chi connectivity index (χ0v) is 36.5. The third kappa shape index (κ3) is 5.98. The monoisotopic (exact) mass is 858 g/mol. The molecule has 0 N–H and O–H groups in total. The molecule has 0 saturated carbocycles. The van der Waals surface area contributed by atoms with Gasteiger partial charge >= 0.3 is 0 Å². The second-order valence-corrected chi connectivity index (χ2v) is 20.0. The van der Waals surface area contributed by atoms with Crippen LogP contribution in [0.3, 0.4) is 0 Å². The second-order valence-electron chi connectivity index (χ2n) is 16.0. The largest absolute Gasteiger partial charge is 0.143 e. The summed E-state index contributed by atoms with van der Waals surface area (Å²) in [5.74, 6) is 0. The minimum Gasteiger partial charge on any atom is -0.143 e. The average molecular weight is 859 g/mol. The number of hydrogen-bond donors (Lipinski definition) is 0. The molecule has 0 aliphatic rings. The third-order valence-electron chi connectivity index (χ3n) is 12.5. The van der Waals surface area contributed by atoms with Crippen molar-refractivity contribution in [3.8, 4) is 66.8 Å². The van der Waals surface area contributed by atoms with Gasteiger partial charge in [-0.25, -0.2) is 0 Å². The highest BCUT2D eigenvalue weighted by Crippen LogP contribution is 2.46. The van der Waals surface area contributed by atoms with E-state index in [0.29, 0.717) is 0 Å². The van der Waals surface area contributed by atoms with Gasteiger partial charge in [0, 0.05) is 40.3 Å². The molecule has 4 aromatic heterocycles. The van der Waals surface area contributed by atoms with E-state index in [2.05, 4.69) is 205 Å². The molecule has 0 saturated heterocycles. The molecule has 62 heavy (non-hydrogen) atoms. The fourth-order valence-corrected chi connectivity index (χ4v) is 13.8. The Morgan fingerprint density at radius 2 is 0.565 bits per heavy atom. The molecule has 290 valence electrons. The molecule has 0 aliphatic heterocycles. The van der Waals surface area contributed by atoms with Gasteiger partial charge in [0.2, 0.25) is 0 Å². The molecule has 0 aliphatic carbocycles. The van der Waals surface area contributed by atoms with Gasteiger partial charge in [-0.15, -0.1) is 45.3 Å². The number of rotatable bonds is 6. The first-order chi connectivity index (χ1) is 30.7. The molecule has 9 aromatic carbocycles. The van der Waals surface area contributed by atoms with E-state index in [4.69, 9.17) is 0 Å². The van der Waals surface area contributed by atoms with Crippen molar-refractivity contribution in [2.24, 2.45) is 0 Å². The summed E-state index contributed by atoms with van der Waals surface area (Å²) in [5.41, 5.74) is 15.0. The summed E-state index contributed by atoms with van der Waals surface area (Å²) in [6, 6.07) is 72.4. The smallest absolute Gasteiger partial charge is 0.0534 e. The summed E-state index contributed by atoms with van der Waals surface area (Å²) in [6.07, 6.45) is 0. The maximum Gasteiger partial charge on any atom is 0.0534 e. The first kappa shape index (κ1) is 36.0. The highest BCUT2D eigenvalue weighted by atomic mass is 32.1. The van der Waals surface area contributed by atoms with E-state index in [1.54, 1.807) is 0 Å². The van der Waals surface area contributed by atoms with Gasteiger partial charge in [-0.1, -0.05) is 170 Å². The van der Waals surface area contributed by atoms with Crippen molar-refractivity contribution in [3.63, 3.8) is 0 Å². The molecular formula is C58H34S4. The lowest BCUT2D eigenvalue weighted by atomic mass is 9.97. The predicted octanol–water partition coefficient (Wildman–Crippen LogP) is 18.9. The van der Waals surface area contributed by atoms with Crippen LogP contribution in [0.2, 0.25) is 0 Å². The molecular weight excluding hydrogens is 825 g/mol. The van der Waals surface area contributed by atoms with Gasteiger partial charge in [0.15, 0.2) is 0 Å². The van der Waals surface area contributed by atoms with Gasteiger partial charge in [0.05, 0.1) is 9.40 Å². The zero-order valence-electron chi connectivity index (χ0n) is 33.3. The Balaban J connectivity index is 0.765. The maximum absolute atomic E-state index is 2.38. The average Bonchev–Trinajstić information content (AvgIpc) is 4.16. The Labute approximate surface area is 374 Å². The summed E-state index contributed by atoms with van der Waals surface area (Å²) >= 11 is 7.48. The van der Waals surface area contributed by atoms with Crippen LogP contribution in [-0.4, -0.2) is 0 Å². The van der Waals surface area contributed by atoms with Crippen LogP contribution in [0.25, 0.3) is 127 Å². The van der Waals surface area contributed by atoms with Gasteiger partial charge in [0.1, 0.15) is 0 Å². The Hall–Kier alpha value is -6.66. The molecule has 0 radical (unpaired) electrons. The SMILES string of the molecule is c1cc(-c2ccc(-c3ccc(-c4ccc5c(c4)sc4c5ccc5c6ccc(-c7ccc(-c8ccc(-c9cccc%10ccsc9%10)cc8)cc7)cc6sc54)cc3)cc2)c2sccc2c1. The van der Waals surface area contributed by atoms with E-state index in [1.165, 1.54) is 127 Å². The van der Waals surface area contributed by atoms with E-state index < -0.39 is 0 Å². The molecule has 0 bridgehead atoms. The molecule has 0 unspecified atom stereocenters. The summed E-state index contributed by atoms with van der Waals surface area (Å²) in [5, 5.41) is 12.3. The molecule has 0 fully saturated rings. The van der Waals surface area contributed by atoms with E-state index >= 15 is 0 Å². The van der Waals surface area contributed by atoms with E-state index in [1.807, 2.05) is 45.3 Å². The third-order valence-corrected chi connectivity index (χ3v) is 17.0. The van der Waals surface area contributed by atoms with Gasteiger partial charge in [-0.2, -0.15) is 0 Å². The topological polar surface area (TPSA) is 0 Å². The van der Waals surface area contributed by atoms with E-state index in [0.717, 1.165) is 0 Å². The summed E-state index contributed by atoms with van der Waals surface area (Å²) in [6.45, 7) is 0. The van der Waals surface area contributed by atoms with Crippen molar-refractivity contribution >= 4 is 106 Å². The lowest BCUT2D eigenvalue weighted by Gasteiger charge is -2.08. The normalized spacial score (nSPS) is 11.9.